The number of nitrogens with zero attached hydrogens (tertiary/aromatic N) is 2. The third-order valence-corrected chi connectivity index (χ3v) is 2.69. The standard InChI is InChI=1S/C13H14FN3O/c1-9(12-6-10(14)2-3-13(12)18)16-7-11-4-5-15-8-17-11/h2-6,8-9,16,18H,7H2,1H3. The number of benzene rings is 1. The lowest BCUT2D eigenvalue weighted by Gasteiger charge is -2.15. The van der Waals surface area contributed by atoms with Crippen molar-refractivity contribution >= 4 is 0 Å². The first-order valence-corrected chi connectivity index (χ1v) is 5.63. The van der Waals surface area contributed by atoms with Gasteiger partial charge in [-0.25, -0.2) is 14.4 Å². The SMILES string of the molecule is CC(NCc1ccncn1)c1cc(F)ccc1O. The van der Waals surface area contributed by atoms with E-state index in [1.807, 2.05) is 6.92 Å². The van der Waals surface area contributed by atoms with Gasteiger partial charge in [0.05, 0.1) is 5.69 Å². The first kappa shape index (κ1) is 12.4. The number of nitrogens with one attached hydrogen (secondary N) is 1. The predicted octanol–water partition coefficient (Wildman–Crippen LogP) is 2.17. The lowest BCUT2D eigenvalue weighted by Crippen LogP contribution is -2.19. The van der Waals surface area contributed by atoms with Crippen molar-refractivity contribution in [3.8, 4) is 5.75 Å². The molecule has 4 nitrogen and oxygen atoms in total. The molecule has 2 N–H and O–H groups in total. The molecule has 1 heterocycles. The number of hydrogen-bond acceptors (Lipinski definition) is 4. The van der Waals surface area contributed by atoms with Crippen LogP contribution in [-0.4, -0.2) is 15.1 Å². The van der Waals surface area contributed by atoms with Crippen LogP contribution in [0.25, 0.3) is 0 Å². The summed E-state index contributed by atoms with van der Waals surface area (Å²) in [6.07, 6.45) is 3.13. The largest absolute Gasteiger partial charge is 0.508 e. The first-order chi connectivity index (χ1) is 8.66. The fourth-order valence-corrected chi connectivity index (χ4v) is 1.66. The number of halogens is 1. The van der Waals surface area contributed by atoms with Crippen LogP contribution in [0.15, 0.2) is 36.8 Å². The molecule has 1 unspecified atom stereocenters. The molecular formula is C13H14FN3O. The van der Waals surface area contributed by atoms with Crippen LogP contribution in [0.4, 0.5) is 4.39 Å². The molecule has 0 bridgehead atoms. The Morgan fingerprint density at radius 3 is 2.94 bits per heavy atom. The number of phenolic OH excluding ortho intramolecular Hbond substituents is 1. The van der Waals surface area contributed by atoms with Crippen molar-refractivity contribution in [1.29, 1.82) is 0 Å². The number of rotatable bonds is 4. The summed E-state index contributed by atoms with van der Waals surface area (Å²) in [7, 11) is 0. The van der Waals surface area contributed by atoms with E-state index in [1.165, 1.54) is 24.5 Å². The molecule has 5 heteroatoms. The van der Waals surface area contributed by atoms with E-state index in [-0.39, 0.29) is 17.6 Å². The third-order valence-electron chi connectivity index (χ3n) is 2.69. The molecule has 0 radical (unpaired) electrons. The summed E-state index contributed by atoms with van der Waals surface area (Å²) in [4.78, 5) is 7.90. The highest BCUT2D eigenvalue weighted by atomic mass is 19.1. The molecule has 18 heavy (non-hydrogen) atoms. The zero-order valence-corrected chi connectivity index (χ0v) is 9.97. The van der Waals surface area contributed by atoms with Crippen molar-refractivity contribution in [2.75, 3.05) is 0 Å². The Kier molecular flexibility index (Phi) is 3.84. The maximum Gasteiger partial charge on any atom is 0.123 e. The van der Waals surface area contributed by atoms with Crippen LogP contribution >= 0.6 is 0 Å². The second-order valence-electron chi connectivity index (χ2n) is 4.01. The van der Waals surface area contributed by atoms with Crippen LogP contribution in [0.5, 0.6) is 5.75 Å². The summed E-state index contributed by atoms with van der Waals surface area (Å²) in [6.45, 7) is 2.38. The highest BCUT2D eigenvalue weighted by molar-refractivity contribution is 5.34. The molecule has 2 rings (SSSR count). The molecule has 0 spiro atoms. The fraction of sp³-hybridized carbons (Fsp3) is 0.231. The van der Waals surface area contributed by atoms with E-state index in [1.54, 1.807) is 12.3 Å². The highest BCUT2D eigenvalue weighted by Crippen LogP contribution is 2.24. The molecule has 1 aromatic carbocycles. The molecule has 0 saturated carbocycles. The molecule has 0 amide bonds. The molecule has 1 atom stereocenters. The predicted molar refractivity (Wildman–Crippen MR) is 65.4 cm³/mol. The molecular weight excluding hydrogens is 233 g/mol. The van der Waals surface area contributed by atoms with Gasteiger partial charge in [-0.3, -0.25) is 0 Å². The molecule has 0 aliphatic heterocycles. The van der Waals surface area contributed by atoms with Crippen LogP contribution in [0.3, 0.4) is 0 Å². The minimum Gasteiger partial charge on any atom is -0.508 e. The van der Waals surface area contributed by atoms with E-state index in [4.69, 9.17) is 0 Å². The molecule has 0 aliphatic rings. The van der Waals surface area contributed by atoms with Crippen LogP contribution in [0.1, 0.15) is 24.2 Å². The lowest BCUT2D eigenvalue weighted by atomic mass is 10.1. The quantitative estimate of drug-likeness (QED) is 0.869. The van der Waals surface area contributed by atoms with Gasteiger partial charge < -0.3 is 10.4 Å². The molecule has 2 aromatic rings. The third kappa shape index (κ3) is 3.01. The second-order valence-corrected chi connectivity index (χ2v) is 4.01. The highest BCUT2D eigenvalue weighted by Gasteiger charge is 2.11. The monoisotopic (exact) mass is 247 g/mol. The number of hydrogen-bond donors (Lipinski definition) is 2. The lowest BCUT2D eigenvalue weighted by molar-refractivity contribution is 0.448. The zero-order valence-electron chi connectivity index (χ0n) is 9.97. The molecule has 1 aromatic heterocycles. The average molecular weight is 247 g/mol. The van der Waals surface area contributed by atoms with Crippen molar-refractivity contribution in [3.05, 3.63) is 53.9 Å². The van der Waals surface area contributed by atoms with E-state index in [2.05, 4.69) is 15.3 Å². The molecule has 0 fully saturated rings. The van der Waals surface area contributed by atoms with Gasteiger partial charge in [0.25, 0.3) is 0 Å². The van der Waals surface area contributed by atoms with Crippen molar-refractivity contribution in [2.24, 2.45) is 0 Å². The Hall–Kier alpha value is -2.01. The van der Waals surface area contributed by atoms with Gasteiger partial charge in [-0.05, 0) is 31.2 Å². The number of aromatic nitrogens is 2. The van der Waals surface area contributed by atoms with Gasteiger partial charge in [0.1, 0.15) is 17.9 Å². The summed E-state index contributed by atoms with van der Waals surface area (Å²) in [5.41, 5.74) is 1.37. The van der Waals surface area contributed by atoms with E-state index >= 15 is 0 Å². The van der Waals surface area contributed by atoms with Crippen LogP contribution in [0, 0.1) is 5.82 Å². The van der Waals surface area contributed by atoms with Gasteiger partial charge in [-0.1, -0.05) is 0 Å². The van der Waals surface area contributed by atoms with Crippen LogP contribution < -0.4 is 5.32 Å². The molecule has 0 aliphatic carbocycles. The second kappa shape index (κ2) is 5.55. The summed E-state index contributed by atoms with van der Waals surface area (Å²) in [5, 5.41) is 12.8. The van der Waals surface area contributed by atoms with E-state index < -0.39 is 0 Å². The average Bonchev–Trinajstić information content (AvgIpc) is 2.40. The minimum absolute atomic E-state index is 0.0825. The Morgan fingerprint density at radius 2 is 2.22 bits per heavy atom. The van der Waals surface area contributed by atoms with Crippen LogP contribution in [0.2, 0.25) is 0 Å². The minimum atomic E-state index is -0.363. The van der Waals surface area contributed by atoms with E-state index in [9.17, 15) is 9.50 Å². The van der Waals surface area contributed by atoms with Gasteiger partial charge in [0, 0.05) is 24.3 Å². The summed E-state index contributed by atoms with van der Waals surface area (Å²) >= 11 is 0. The van der Waals surface area contributed by atoms with E-state index in [0.29, 0.717) is 12.1 Å². The summed E-state index contributed by atoms with van der Waals surface area (Å²) in [5.74, 6) is -0.280. The van der Waals surface area contributed by atoms with Crippen molar-refractivity contribution in [3.63, 3.8) is 0 Å². The number of aromatic hydroxyl groups is 1. The zero-order chi connectivity index (χ0) is 13.0. The van der Waals surface area contributed by atoms with Crippen molar-refractivity contribution in [2.45, 2.75) is 19.5 Å². The topological polar surface area (TPSA) is 58.0 Å². The first-order valence-electron chi connectivity index (χ1n) is 5.63. The summed E-state index contributed by atoms with van der Waals surface area (Å²) < 4.78 is 13.1. The Bertz CT molecular complexity index is 519. The van der Waals surface area contributed by atoms with Gasteiger partial charge in [-0.15, -0.1) is 0 Å². The Labute approximate surface area is 105 Å². The Morgan fingerprint density at radius 1 is 1.39 bits per heavy atom. The van der Waals surface area contributed by atoms with Gasteiger partial charge >= 0.3 is 0 Å². The molecule has 94 valence electrons. The van der Waals surface area contributed by atoms with E-state index in [0.717, 1.165) is 5.69 Å². The maximum absolute atomic E-state index is 13.1. The Balaban J connectivity index is 2.03. The smallest absolute Gasteiger partial charge is 0.123 e. The summed E-state index contributed by atoms with van der Waals surface area (Å²) in [6, 6.07) is 5.54. The van der Waals surface area contributed by atoms with Crippen LogP contribution in [-0.2, 0) is 6.54 Å². The van der Waals surface area contributed by atoms with Gasteiger partial charge in [0.2, 0.25) is 0 Å². The normalized spacial score (nSPS) is 12.3. The maximum atomic E-state index is 13.1. The number of phenols is 1. The fourth-order valence-electron chi connectivity index (χ4n) is 1.66. The van der Waals surface area contributed by atoms with Gasteiger partial charge in [0.15, 0.2) is 0 Å². The van der Waals surface area contributed by atoms with Gasteiger partial charge in [-0.2, -0.15) is 0 Å². The van der Waals surface area contributed by atoms with Crippen molar-refractivity contribution in [1.82, 2.24) is 15.3 Å². The van der Waals surface area contributed by atoms with Crippen molar-refractivity contribution < 1.29 is 9.50 Å². The molecule has 0 saturated heterocycles.